The van der Waals surface area contributed by atoms with Crippen molar-refractivity contribution < 1.29 is 14.0 Å². The average molecular weight is 369 g/mol. The second-order valence-corrected chi connectivity index (χ2v) is 13.8. The number of ether oxygens (including phenoxy) is 1. The molecular formula is C21H40O3Si. The van der Waals surface area contributed by atoms with Gasteiger partial charge in [-0.3, -0.25) is 0 Å². The highest BCUT2D eigenvalue weighted by Gasteiger charge is 2.44. The van der Waals surface area contributed by atoms with Gasteiger partial charge in [-0.05, 0) is 35.4 Å². The zero-order chi connectivity index (χ0) is 19.7. The van der Waals surface area contributed by atoms with Crippen molar-refractivity contribution in [3.8, 4) is 0 Å². The van der Waals surface area contributed by atoms with Crippen molar-refractivity contribution in [2.75, 3.05) is 13.2 Å². The highest BCUT2D eigenvalue weighted by Crippen LogP contribution is 2.42. The molecule has 4 heteroatoms. The first kappa shape index (κ1) is 24.1. The minimum absolute atomic E-state index is 0.0318. The van der Waals surface area contributed by atoms with Crippen LogP contribution in [0.2, 0.25) is 16.6 Å². The summed E-state index contributed by atoms with van der Waals surface area (Å²) in [6.07, 6.45) is 8.23. The van der Waals surface area contributed by atoms with E-state index in [2.05, 4.69) is 61.5 Å². The minimum Gasteiger partial charge on any atom is -0.463 e. The van der Waals surface area contributed by atoms with Gasteiger partial charge in [-0.1, -0.05) is 73.6 Å². The molecular weight excluding hydrogens is 328 g/mol. The summed E-state index contributed by atoms with van der Waals surface area (Å²) >= 11 is 0. The molecule has 0 unspecified atom stereocenters. The summed E-state index contributed by atoms with van der Waals surface area (Å²) in [5, 5.41) is 0. The molecule has 0 rings (SSSR count). The molecule has 0 aromatic heterocycles. The number of carbonyl (C=O) groups excluding carboxylic acids is 1. The van der Waals surface area contributed by atoms with Crippen LogP contribution in [0, 0.1) is 5.41 Å². The lowest BCUT2D eigenvalue weighted by atomic mass is 9.89. The molecule has 0 radical (unpaired) electrons. The molecule has 0 aliphatic carbocycles. The van der Waals surface area contributed by atoms with Gasteiger partial charge in [-0.15, -0.1) is 0 Å². The van der Waals surface area contributed by atoms with Crippen molar-refractivity contribution in [1.29, 1.82) is 0 Å². The van der Waals surface area contributed by atoms with E-state index in [1.54, 1.807) is 13.0 Å². The topological polar surface area (TPSA) is 35.5 Å². The highest BCUT2D eigenvalue weighted by atomic mass is 28.4. The van der Waals surface area contributed by atoms with Crippen molar-refractivity contribution in [3.63, 3.8) is 0 Å². The van der Waals surface area contributed by atoms with E-state index in [1.807, 2.05) is 6.08 Å². The lowest BCUT2D eigenvalue weighted by Crippen LogP contribution is -2.48. The van der Waals surface area contributed by atoms with Gasteiger partial charge in [0.25, 0.3) is 0 Å². The van der Waals surface area contributed by atoms with Gasteiger partial charge >= 0.3 is 5.97 Å². The van der Waals surface area contributed by atoms with Crippen LogP contribution in [0.1, 0.15) is 68.7 Å². The van der Waals surface area contributed by atoms with Gasteiger partial charge in [0, 0.05) is 12.7 Å². The molecule has 0 fully saturated rings. The summed E-state index contributed by atoms with van der Waals surface area (Å²) in [6, 6.07) is 0. The predicted octanol–water partition coefficient (Wildman–Crippen LogP) is 6.27. The van der Waals surface area contributed by atoms with E-state index in [0.717, 1.165) is 13.0 Å². The molecule has 0 amide bonds. The quantitative estimate of drug-likeness (QED) is 0.186. The van der Waals surface area contributed by atoms with Crippen molar-refractivity contribution in [2.45, 2.75) is 85.4 Å². The maximum atomic E-state index is 11.3. The smallest absolute Gasteiger partial charge is 0.330 e. The number of hydrogen-bond acceptors (Lipinski definition) is 3. The summed E-state index contributed by atoms with van der Waals surface area (Å²) in [5.41, 5.74) is 1.86. The molecule has 0 aromatic rings. The van der Waals surface area contributed by atoms with Gasteiger partial charge in [-0.2, -0.15) is 0 Å². The fraction of sp³-hybridized carbons (Fsp3) is 0.762. The summed E-state index contributed by atoms with van der Waals surface area (Å²) in [6.45, 7) is 21.3. The Hall–Kier alpha value is -0.873. The zero-order valence-electron chi connectivity index (χ0n) is 17.9. The van der Waals surface area contributed by atoms with Gasteiger partial charge in [-0.25, -0.2) is 4.79 Å². The first-order valence-corrected chi connectivity index (χ1v) is 11.8. The maximum absolute atomic E-state index is 11.3. The van der Waals surface area contributed by atoms with Crippen molar-refractivity contribution >= 4 is 14.3 Å². The second-order valence-electron chi connectivity index (χ2n) is 8.37. The van der Waals surface area contributed by atoms with E-state index in [-0.39, 0.29) is 11.4 Å². The lowest BCUT2D eigenvalue weighted by molar-refractivity contribution is -0.137. The molecule has 0 aromatic carbocycles. The Bertz CT molecular complexity index is 426. The molecule has 3 nitrogen and oxygen atoms in total. The number of rotatable bonds is 11. The van der Waals surface area contributed by atoms with Gasteiger partial charge < -0.3 is 9.16 Å². The van der Waals surface area contributed by atoms with Crippen LogP contribution in [0.15, 0.2) is 24.3 Å². The summed E-state index contributed by atoms with van der Waals surface area (Å²) < 4.78 is 11.5. The first-order valence-electron chi connectivity index (χ1n) is 9.66. The SMILES string of the molecule is CCOC(=O)/C=C/C=C/C(C)(C)CCO[Si](C(C)C)(C(C)C)C(C)C. The van der Waals surface area contributed by atoms with Crippen molar-refractivity contribution in [1.82, 2.24) is 0 Å². The number of esters is 1. The normalized spacial score (nSPS) is 13.8. The van der Waals surface area contributed by atoms with Gasteiger partial charge in [0.1, 0.15) is 0 Å². The Morgan fingerprint density at radius 1 is 1.00 bits per heavy atom. The number of allylic oxidation sites excluding steroid dienone is 3. The third-order valence-electron chi connectivity index (χ3n) is 4.98. The Labute approximate surface area is 157 Å². The van der Waals surface area contributed by atoms with E-state index in [1.165, 1.54) is 6.08 Å². The molecule has 146 valence electrons. The molecule has 0 atom stereocenters. The van der Waals surface area contributed by atoms with Crippen LogP contribution in [0.3, 0.4) is 0 Å². The molecule has 0 aliphatic heterocycles. The molecule has 0 heterocycles. The zero-order valence-corrected chi connectivity index (χ0v) is 18.9. The minimum atomic E-state index is -1.79. The van der Waals surface area contributed by atoms with Crippen LogP contribution in [0.4, 0.5) is 0 Å². The fourth-order valence-electron chi connectivity index (χ4n) is 3.71. The number of hydrogen-bond donors (Lipinski definition) is 0. The first-order chi connectivity index (χ1) is 11.5. The lowest BCUT2D eigenvalue weighted by Gasteiger charge is -2.42. The molecule has 0 spiro atoms. The van der Waals surface area contributed by atoms with Gasteiger partial charge in [0.05, 0.1) is 6.61 Å². The van der Waals surface area contributed by atoms with Crippen LogP contribution in [0.5, 0.6) is 0 Å². The monoisotopic (exact) mass is 368 g/mol. The van der Waals surface area contributed by atoms with Crippen LogP contribution in [0.25, 0.3) is 0 Å². The Morgan fingerprint density at radius 3 is 1.96 bits per heavy atom. The van der Waals surface area contributed by atoms with E-state index in [0.29, 0.717) is 23.2 Å². The molecule has 0 saturated carbocycles. The predicted molar refractivity (Wildman–Crippen MR) is 110 cm³/mol. The third kappa shape index (κ3) is 7.91. The van der Waals surface area contributed by atoms with Crippen LogP contribution in [-0.2, 0) is 14.0 Å². The average Bonchev–Trinajstić information content (AvgIpc) is 2.47. The van der Waals surface area contributed by atoms with E-state index < -0.39 is 8.32 Å². The van der Waals surface area contributed by atoms with Crippen molar-refractivity contribution in [3.05, 3.63) is 24.3 Å². The number of carbonyl (C=O) groups is 1. The van der Waals surface area contributed by atoms with Crippen molar-refractivity contribution in [2.24, 2.45) is 5.41 Å². The maximum Gasteiger partial charge on any atom is 0.330 e. The third-order valence-corrected chi connectivity index (χ3v) is 11.1. The Balaban J connectivity index is 4.74. The fourth-order valence-corrected chi connectivity index (χ4v) is 9.17. The van der Waals surface area contributed by atoms with Crippen LogP contribution >= 0.6 is 0 Å². The summed E-state index contributed by atoms with van der Waals surface area (Å²) in [4.78, 5) is 11.3. The standard InChI is InChI=1S/C21H40O3Si/c1-10-23-20(22)13-11-12-14-21(8,9)15-16-24-25(17(2)3,18(4)5)19(6)7/h11-14,17-19H,10,15-16H2,1-9H3/b13-11+,14-12+. The summed E-state index contributed by atoms with van der Waals surface area (Å²) in [7, 11) is -1.79. The van der Waals surface area contributed by atoms with Crippen LogP contribution in [-0.4, -0.2) is 27.5 Å². The van der Waals surface area contributed by atoms with E-state index in [9.17, 15) is 4.79 Å². The highest BCUT2D eigenvalue weighted by molar-refractivity contribution is 6.77. The molecule has 0 saturated heterocycles. The Kier molecular flexibility index (Phi) is 10.6. The van der Waals surface area contributed by atoms with Crippen LogP contribution < -0.4 is 0 Å². The molecule has 0 aliphatic rings. The largest absolute Gasteiger partial charge is 0.463 e. The van der Waals surface area contributed by atoms with Gasteiger partial charge in [0.15, 0.2) is 8.32 Å². The van der Waals surface area contributed by atoms with E-state index in [4.69, 9.17) is 9.16 Å². The van der Waals surface area contributed by atoms with E-state index >= 15 is 0 Å². The molecule has 0 N–H and O–H groups in total. The molecule has 25 heavy (non-hydrogen) atoms. The molecule has 0 bridgehead atoms. The second kappa shape index (κ2) is 11.0. The Morgan fingerprint density at radius 2 is 1.52 bits per heavy atom. The summed E-state index contributed by atoms with van der Waals surface area (Å²) in [5.74, 6) is -0.296. The van der Waals surface area contributed by atoms with Gasteiger partial charge in [0.2, 0.25) is 0 Å².